The highest BCUT2D eigenvalue weighted by Gasteiger charge is 2.08. The van der Waals surface area contributed by atoms with Gasteiger partial charge in [0.05, 0.1) is 17.3 Å². The van der Waals surface area contributed by atoms with Gasteiger partial charge in [-0.1, -0.05) is 12.1 Å². The topological polar surface area (TPSA) is 61.6 Å². The Bertz CT molecular complexity index is 599. The van der Waals surface area contributed by atoms with E-state index in [1.807, 2.05) is 32.0 Å². The highest BCUT2D eigenvalue weighted by atomic mass is 15.0. The predicted molar refractivity (Wildman–Crippen MR) is 71.1 cm³/mol. The minimum absolute atomic E-state index is 0.635. The maximum atomic E-state index is 8.92. The minimum Gasteiger partial charge on any atom is -0.370 e. The van der Waals surface area contributed by atoms with Crippen molar-refractivity contribution in [2.45, 2.75) is 13.8 Å². The highest BCUT2D eigenvalue weighted by Crippen LogP contribution is 2.25. The maximum absolute atomic E-state index is 8.92. The van der Waals surface area contributed by atoms with Crippen molar-refractivity contribution >= 4 is 5.82 Å². The molecule has 0 unspecified atom stereocenters. The molecule has 0 aliphatic rings. The van der Waals surface area contributed by atoms with Crippen LogP contribution in [0.5, 0.6) is 0 Å². The Morgan fingerprint density at radius 2 is 2.17 bits per heavy atom. The van der Waals surface area contributed by atoms with Gasteiger partial charge in [0.1, 0.15) is 12.1 Å². The molecule has 4 nitrogen and oxygen atoms in total. The largest absolute Gasteiger partial charge is 0.370 e. The highest BCUT2D eigenvalue weighted by molar-refractivity contribution is 5.68. The summed E-state index contributed by atoms with van der Waals surface area (Å²) in [5.41, 5.74) is 3.43. The van der Waals surface area contributed by atoms with Crippen LogP contribution in [-0.2, 0) is 0 Å². The fraction of sp³-hybridized carbons (Fsp3) is 0.214. The van der Waals surface area contributed by atoms with Gasteiger partial charge in [0.15, 0.2) is 0 Å². The number of nitrogens with zero attached hydrogens (tertiary/aromatic N) is 3. The number of hydrogen-bond donors (Lipinski definition) is 1. The summed E-state index contributed by atoms with van der Waals surface area (Å²) in [6.45, 7) is 4.82. The zero-order valence-corrected chi connectivity index (χ0v) is 10.4. The van der Waals surface area contributed by atoms with E-state index in [0.29, 0.717) is 5.56 Å². The smallest absolute Gasteiger partial charge is 0.132 e. The molecule has 18 heavy (non-hydrogen) atoms. The molecule has 0 bridgehead atoms. The zero-order chi connectivity index (χ0) is 13.0. The monoisotopic (exact) mass is 238 g/mol. The van der Waals surface area contributed by atoms with Crippen LogP contribution in [0.3, 0.4) is 0 Å². The lowest BCUT2D eigenvalue weighted by Gasteiger charge is -2.10. The third kappa shape index (κ3) is 2.30. The Labute approximate surface area is 106 Å². The lowest BCUT2D eigenvalue weighted by molar-refractivity contribution is 1.09. The van der Waals surface area contributed by atoms with Crippen molar-refractivity contribution in [3.8, 4) is 17.3 Å². The maximum Gasteiger partial charge on any atom is 0.132 e. The molecular formula is C14H14N4. The van der Waals surface area contributed by atoms with Crippen molar-refractivity contribution in [2.24, 2.45) is 0 Å². The van der Waals surface area contributed by atoms with Crippen LogP contribution in [0.1, 0.15) is 18.1 Å². The Morgan fingerprint density at radius 1 is 1.33 bits per heavy atom. The predicted octanol–water partition coefficient (Wildman–Crippen LogP) is 2.76. The number of aromatic nitrogens is 2. The minimum atomic E-state index is 0.635. The van der Waals surface area contributed by atoms with Crippen molar-refractivity contribution in [1.29, 1.82) is 5.26 Å². The molecule has 0 saturated heterocycles. The van der Waals surface area contributed by atoms with Gasteiger partial charge < -0.3 is 5.32 Å². The molecule has 1 aromatic heterocycles. The van der Waals surface area contributed by atoms with Gasteiger partial charge in [-0.25, -0.2) is 9.97 Å². The number of nitriles is 1. The van der Waals surface area contributed by atoms with Crippen LogP contribution in [0.15, 0.2) is 30.6 Å². The third-order valence-corrected chi connectivity index (χ3v) is 2.69. The van der Waals surface area contributed by atoms with Crippen LogP contribution in [0.2, 0.25) is 0 Å². The van der Waals surface area contributed by atoms with Crippen LogP contribution in [0.25, 0.3) is 11.3 Å². The van der Waals surface area contributed by atoms with E-state index in [1.165, 1.54) is 0 Å². The fourth-order valence-electron chi connectivity index (χ4n) is 1.82. The van der Waals surface area contributed by atoms with E-state index in [1.54, 1.807) is 12.4 Å². The van der Waals surface area contributed by atoms with Crippen molar-refractivity contribution < 1.29 is 0 Å². The van der Waals surface area contributed by atoms with E-state index in [-0.39, 0.29) is 0 Å². The second-order valence-corrected chi connectivity index (χ2v) is 3.92. The van der Waals surface area contributed by atoms with Gasteiger partial charge in [-0.2, -0.15) is 5.26 Å². The van der Waals surface area contributed by atoms with Crippen molar-refractivity contribution in [3.05, 3.63) is 41.7 Å². The Kier molecular flexibility index (Phi) is 3.54. The molecule has 0 aliphatic carbocycles. The van der Waals surface area contributed by atoms with E-state index in [2.05, 4.69) is 21.4 Å². The Hall–Kier alpha value is -2.41. The average Bonchev–Trinajstić information content (AvgIpc) is 2.41. The van der Waals surface area contributed by atoms with Crippen LogP contribution in [0, 0.1) is 18.3 Å². The molecular weight excluding hydrogens is 224 g/mol. The second-order valence-electron chi connectivity index (χ2n) is 3.92. The molecule has 0 fully saturated rings. The molecule has 0 amide bonds. The number of anilines is 1. The summed E-state index contributed by atoms with van der Waals surface area (Å²) in [6.07, 6.45) is 1.54. The summed E-state index contributed by atoms with van der Waals surface area (Å²) in [4.78, 5) is 8.52. The summed E-state index contributed by atoms with van der Waals surface area (Å²) >= 11 is 0. The van der Waals surface area contributed by atoms with Gasteiger partial charge in [-0.15, -0.1) is 0 Å². The Balaban J connectivity index is 2.50. The van der Waals surface area contributed by atoms with Crippen molar-refractivity contribution in [1.82, 2.24) is 9.97 Å². The number of nitrogens with one attached hydrogen (secondary N) is 1. The van der Waals surface area contributed by atoms with E-state index in [4.69, 9.17) is 5.26 Å². The van der Waals surface area contributed by atoms with Crippen molar-refractivity contribution in [2.75, 3.05) is 11.9 Å². The molecule has 0 aliphatic heterocycles. The third-order valence-electron chi connectivity index (χ3n) is 2.69. The van der Waals surface area contributed by atoms with E-state index < -0.39 is 0 Å². The van der Waals surface area contributed by atoms with Gasteiger partial charge in [0, 0.05) is 17.7 Å². The first-order valence-corrected chi connectivity index (χ1v) is 5.82. The molecule has 90 valence electrons. The lowest BCUT2D eigenvalue weighted by atomic mass is 10.0. The molecule has 2 rings (SSSR count). The summed E-state index contributed by atoms with van der Waals surface area (Å²) in [5, 5.41) is 12.1. The van der Waals surface area contributed by atoms with Crippen LogP contribution < -0.4 is 5.32 Å². The van der Waals surface area contributed by atoms with Gasteiger partial charge in [0.25, 0.3) is 0 Å². The van der Waals surface area contributed by atoms with Crippen LogP contribution in [-0.4, -0.2) is 16.5 Å². The molecule has 1 N–H and O–H groups in total. The fourth-order valence-corrected chi connectivity index (χ4v) is 1.82. The number of hydrogen-bond acceptors (Lipinski definition) is 4. The normalized spacial score (nSPS) is 9.83. The first-order valence-electron chi connectivity index (χ1n) is 5.82. The molecule has 0 atom stereocenters. The zero-order valence-electron chi connectivity index (χ0n) is 10.4. The quantitative estimate of drug-likeness (QED) is 0.893. The van der Waals surface area contributed by atoms with Crippen LogP contribution in [0.4, 0.5) is 5.82 Å². The van der Waals surface area contributed by atoms with Crippen LogP contribution >= 0.6 is 0 Å². The molecule has 0 saturated carbocycles. The first kappa shape index (κ1) is 12.1. The van der Waals surface area contributed by atoms with E-state index in [0.717, 1.165) is 29.2 Å². The lowest BCUT2D eigenvalue weighted by Crippen LogP contribution is -2.03. The standard InChI is InChI=1S/C14H14N4/c1-3-16-14-10(2)13(17-9-18-14)12-6-4-5-11(7-12)8-15/h4-7,9H,3H2,1-2H3,(H,16,17,18). The van der Waals surface area contributed by atoms with Crippen molar-refractivity contribution in [3.63, 3.8) is 0 Å². The van der Waals surface area contributed by atoms with Gasteiger partial charge >= 0.3 is 0 Å². The number of rotatable bonds is 3. The Morgan fingerprint density at radius 3 is 2.89 bits per heavy atom. The SMILES string of the molecule is CCNc1ncnc(-c2cccc(C#N)c2)c1C. The molecule has 2 aromatic rings. The molecule has 0 spiro atoms. The summed E-state index contributed by atoms with van der Waals surface area (Å²) in [7, 11) is 0. The summed E-state index contributed by atoms with van der Waals surface area (Å²) in [5.74, 6) is 0.838. The molecule has 4 heteroatoms. The molecule has 0 radical (unpaired) electrons. The second kappa shape index (κ2) is 5.28. The van der Waals surface area contributed by atoms with E-state index in [9.17, 15) is 0 Å². The van der Waals surface area contributed by atoms with E-state index >= 15 is 0 Å². The molecule has 1 heterocycles. The number of benzene rings is 1. The van der Waals surface area contributed by atoms with Gasteiger partial charge in [-0.05, 0) is 26.0 Å². The van der Waals surface area contributed by atoms with Gasteiger partial charge in [-0.3, -0.25) is 0 Å². The van der Waals surface area contributed by atoms with Gasteiger partial charge in [0.2, 0.25) is 0 Å². The summed E-state index contributed by atoms with van der Waals surface area (Å²) in [6, 6.07) is 9.57. The molecule has 1 aromatic carbocycles. The first-order chi connectivity index (χ1) is 8.76. The average molecular weight is 238 g/mol. The summed E-state index contributed by atoms with van der Waals surface area (Å²) < 4.78 is 0.